The summed E-state index contributed by atoms with van der Waals surface area (Å²) in [5, 5.41) is 0.672. The van der Waals surface area contributed by atoms with E-state index >= 15 is 0 Å². The summed E-state index contributed by atoms with van der Waals surface area (Å²) < 4.78 is 0. The number of carbonyl (C=O) groups is 1. The van der Waals surface area contributed by atoms with Crippen LogP contribution in [0.4, 0.5) is 5.69 Å². The summed E-state index contributed by atoms with van der Waals surface area (Å²) in [6.45, 7) is 4.14. The third-order valence-electron chi connectivity index (χ3n) is 4.30. The van der Waals surface area contributed by atoms with Gasteiger partial charge in [0.15, 0.2) is 5.78 Å². The standard InChI is InChI=1S/C17H22ClNO/c1-11(14-6-4-7-15(19)17(14)18)9-10-13-5-3-8-16(20)12(13)2/h4,6-7,11H,3,5,8-10,19H2,1-2H3. The first-order valence-corrected chi connectivity index (χ1v) is 7.64. The third-order valence-corrected chi connectivity index (χ3v) is 4.74. The number of carbonyl (C=O) groups excluding carboxylic acids is 1. The molecular formula is C17H22ClNO. The average molecular weight is 292 g/mol. The first-order valence-electron chi connectivity index (χ1n) is 7.26. The molecule has 0 saturated carbocycles. The lowest BCUT2D eigenvalue weighted by atomic mass is 9.86. The molecule has 0 aliphatic heterocycles. The maximum Gasteiger partial charge on any atom is 0.158 e. The summed E-state index contributed by atoms with van der Waals surface area (Å²) >= 11 is 6.27. The van der Waals surface area contributed by atoms with Crippen molar-refractivity contribution in [3.8, 4) is 0 Å². The van der Waals surface area contributed by atoms with Crippen LogP contribution in [0.3, 0.4) is 0 Å². The van der Waals surface area contributed by atoms with Gasteiger partial charge in [0.25, 0.3) is 0 Å². The van der Waals surface area contributed by atoms with Crippen LogP contribution in [-0.4, -0.2) is 5.78 Å². The number of hydrogen-bond donors (Lipinski definition) is 1. The van der Waals surface area contributed by atoms with E-state index in [0.29, 0.717) is 28.8 Å². The predicted octanol–water partition coefficient (Wildman–Crippen LogP) is 4.88. The molecule has 2 N–H and O–H groups in total. The van der Waals surface area contributed by atoms with Gasteiger partial charge in [-0.15, -0.1) is 0 Å². The molecule has 0 radical (unpaired) electrons. The number of nitrogens with two attached hydrogens (primary N) is 1. The lowest BCUT2D eigenvalue weighted by molar-refractivity contribution is -0.116. The van der Waals surface area contributed by atoms with Gasteiger partial charge in [-0.05, 0) is 55.7 Å². The minimum absolute atomic E-state index is 0.320. The quantitative estimate of drug-likeness (QED) is 0.804. The highest BCUT2D eigenvalue weighted by Gasteiger charge is 2.18. The summed E-state index contributed by atoms with van der Waals surface area (Å²) in [6.07, 6.45) is 4.76. The first-order chi connectivity index (χ1) is 9.50. The number of rotatable bonds is 4. The number of halogens is 1. The Kier molecular flexibility index (Phi) is 4.87. The second-order valence-electron chi connectivity index (χ2n) is 5.70. The molecule has 0 aromatic heterocycles. The molecule has 0 spiro atoms. The molecule has 1 aromatic rings. The zero-order valence-corrected chi connectivity index (χ0v) is 13.0. The summed E-state index contributed by atoms with van der Waals surface area (Å²) in [6, 6.07) is 5.81. The fraction of sp³-hybridized carbons (Fsp3) is 0.471. The average Bonchev–Trinajstić information content (AvgIpc) is 2.43. The topological polar surface area (TPSA) is 43.1 Å². The maximum atomic E-state index is 11.7. The molecule has 108 valence electrons. The Bertz CT molecular complexity index is 548. The van der Waals surface area contributed by atoms with Crippen LogP contribution in [0.1, 0.15) is 57.4 Å². The molecule has 0 saturated heterocycles. The Balaban J connectivity index is 2.06. The second kappa shape index (κ2) is 6.45. The molecule has 20 heavy (non-hydrogen) atoms. The molecule has 0 bridgehead atoms. The van der Waals surface area contributed by atoms with Crippen LogP contribution in [0.15, 0.2) is 29.3 Å². The van der Waals surface area contributed by atoms with Gasteiger partial charge in [-0.25, -0.2) is 0 Å². The molecule has 1 aliphatic rings. The number of benzene rings is 1. The maximum absolute atomic E-state index is 11.7. The number of anilines is 1. The molecule has 2 rings (SSSR count). The fourth-order valence-corrected chi connectivity index (χ4v) is 3.15. The van der Waals surface area contributed by atoms with Gasteiger partial charge in [0, 0.05) is 6.42 Å². The van der Waals surface area contributed by atoms with Crippen molar-refractivity contribution >= 4 is 23.1 Å². The molecule has 2 nitrogen and oxygen atoms in total. The Morgan fingerprint density at radius 1 is 1.35 bits per heavy atom. The van der Waals surface area contributed by atoms with E-state index in [9.17, 15) is 4.79 Å². The number of hydrogen-bond acceptors (Lipinski definition) is 2. The highest BCUT2D eigenvalue weighted by Crippen LogP contribution is 2.34. The zero-order chi connectivity index (χ0) is 14.7. The van der Waals surface area contributed by atoms with Crippen LogP contribution < -0.4 is 5.73 Å². The van der Waals surface area contributed by atoms with E-state index in [-0.39, 0.29) is 0 Å². The highest BCUT2D eigenvalue weighted by molar-refractivity contribution is 6.33. The van der Waals surface area contributed by atoms with Crippen molar-refractivity contribution in [1.82, 2.24) is 0 Å². The SMILES string of the molecule is CC1=C(CCC(C)c2cccc(N)c2Cl)CCCC1=O. The van der Waals surface area contributed by atoms with Crippen LogP contribution in [0.2, 0.25) is 5.02 Å². The molecule has 1 atom stereocenters. The number of nitrogen functional groups attached to an aromatic ring is 1. The Morgan fingerprint density at radius 2 is 2.10 bits per heavy atom. The van der Waals surface area contributed by atoms with Crippen molar-refractivity contribution in [3.63, 3.8) is 0 Å². The number of ketones is 1. The highest BCUT2D eigenvalue weighted by atomic mass is 35.5. The predicted molar refractivity (Wildman–Crippen MR) is 85.1 cm³/mol. The Morgan fingerprint density at radius 3 is 2.85 bits per heavy atom. The van der Waals surface area contributed by atoms with Crippen LogP contribution >= 0.6 is 11.6 Å². The monoisotopic (exact) mass is 291 g/mol. The van der Waals surface area contributed by atoms with Gasteiger partial charge in [0.1, 0.15) is 0 Å². The van der Waals surface area contributed by atoms with Crippen LogP contribution in [-0.2, 0) is 4.79 Å². The van der Waals surface area contributed by atoms with Crippen LogP contribution in [0, 0.1) is 0 Å². The number of Topliss-reactive ketones (excluding diaryl/α,β-unsaturated/α-hetero) is 1. The van der Waals surface area contributed by atoms with Crippen molar-refractivity contribution in [2.75, 3.05) is 5.73 Å². The summed E-state index contributed by atoms with van der Waals surface area (Å²) in [7, 11) is 0. The molecule has 1 unspecified atom stereocenters. The second-order valence-corrected chi connectivity index (χ2v) is 6.07. The number of allylic oxidation sites excluding steroid dienone is 2. The van der Waals surface area contributed by atoms with Crippen molar-refractivity contribution < 1.29 is 4.79 Å². The van der Waals surface area contributed by atoms with E-state index in [1.807, 2.05) is 25.1 Å². The lowest BCUT2D eigenvalue weighted by Crippen LogP contribution is -2.10. The lowest BCUT2D eigenvalue weighted by Gasteiger charge is -2.20. The van der Waals surface area contributed by atoms with Gasteiger partial charge in [-0.1, -0.05) is 36.2 Å². The van der Waals surface area contributed by atoms with Gasteiger partial charge in [-0.2, -0.15) is 0 Å². The summed E-state index contributed by atoms with van der Waals surface area (Å²) in [5.41, 5.74) is 9.91. The molecular weight excluding hydrogens is 270 g/mol. The van der Waals surface area contributed by atoms with Crippen molar-refractivity contribution in [3.05, 3.63) is 39.9 Å². The van der Waals surface area contributed by atoms with E-state index in [0.717, 1.165) is 36.8 Å². The third kappa shape index (κ3) is 3.24. The van der Waals surface area contributed by atoms with Crippen LogP contribution in [0.5, 0.6) is 0 Å². The largest absolute Gasteiger partial charge is 0.398 e. The summed E-state index contributed by atoms with van der Waals surface area (Å²) in [5.74, 6) is 0.671. The van der Waals surface area contributed by atoms with Gasteiger partial charge >= 0.3 is 0 Å². The van der Waals surface area contributed by atoms with E-state index in [2.05, 4.69) is 6.92 Å². The van der Waals surface area contributed by atoms with Crippen LogP contribution in [0.25, 0.3) is 0 Å². The van der Waals surface area contributed by atoms with Crippen molar-refractivity contribution in [2.24, 2.45) is 0 Å². The molecule has 3 heteroatoms. The van der Waals surface area contributed by atoms with Gasteiger partial charge in [0.05, 0.1) is 10.7 Å². The van der Waals surface area contributed by atoms with Crippen molar-refractivity contribution in [2.45, 2.75) is 51.9 Å². The molecule has 1 aliphatic carbocycles. The summed E-state index contributed by atoms with van der Waals surface area (Å²) in [4.78, 5) is 11.7. The molecule has 0 fully saturated rings. The van der Waals surface area contributed by atoms with E-state index in [4.69, 9.17) is 17.3 Å². The molecule has 0 amide bonds. The smallest absolute Gasteiger partial charge is 0.158 e. The Labute approximate surface area is 126 Å². The molecule has 0 heterocycles. The van der Waals surface area contributed by atoms with Gasteiger partial charge in [-0.3, -0.25) is 4.79 Å². The van der Waals surface area contributed by atoms with E-state index < -0.39 is 0 Å². The molecule has 1 aromatic carbocycles. The van der Waals surface area contributed by atoms with E-state index in [1.165, 1.54) is 5.57 Å². The minimum Gasteiger partial charge on any atom is -0.398 e. The fourth-order valence-electron chi connectivity index (χ4n) is 2.84. The van der Waals surface area contributed by atoms with Gasteiger partial charge in [0.2, 0.25) is 0 Å². The van der Waals surface area contributed by atoms with E-state index in [1.54, 1.807) is 0 Å². The van der Waals surface area contributed by atoms with Gasteiger partial charge < -0.3 is 5.73 Å². The first kappa shape index (κ1) is 15.1. The minimum atomic E-state index is 0.320. The normalized spacial score (nSPS) is 17.4. The Hall–Kier alpha value is -1.28. The zero-order valence-electron chi connectivity index (χ0n) is 12.2. The van der Waals surface area contributed by atoms with Crippen molar-refractivity contribution in [1.29, 1.82) is 0 Å².